The van der Waals surface area contributed by atoms with E-state index in [0.29, 0.717) is 45.7 Å². The van der Waals surface area contributed by atoms with Gasteiger partial charge in [0.15, 0.2) is 11.5 Å². The number of benzene rings is 2. The topological polar surface area (TPSA) is 118 Å². The molecule has 40 heavy (non-hydrogen) atoms. The van der Waals surface area contributed by atoms with E-state index in [-0.39, 0.29) is 34.9 Å². The lowest BCUT2D eigenvalue weighted by Gasteiger charge is -2.15. The maximum absolute atomic E-state index is 13.9. The number of nitrogen functional groups attached to an aromatic ring is 1. The number of carbonyl (C=O) groups is 1. The van der Waals surface area contributed by atoms with Crippen molar-refractivity contribution >= 4 is 22.9 Å². The van der Waals surface area contributed by atoms with Crippen molar-refractivity contribution in [2.24, 2.45) is 13.0 Å². The van der Waals surface area contributed by atoms with Gasteiger partial charge in [-0.15, -0.1) is 11.3 Å². The zero-order valence-electron chi connectivity index (χ0n) is 23.2. The molecule has 0 bridgehead atoms. The van der Waals surface area contributed by atoms with E-state index in [9.17, 15) is 14.4 Å². The Morgan fingerprint density at radius 3 is 2.45 bits per heavy atom. The second kappa shape index (κ2) is 10.8. The van der Waals surface area contributed by atoms with E-state index < -0.39 is 11.2 Å². The number of ether oxygens (including phenoxy) is 2. The van der Waals surface area contributed by atoms with Gasteiger partial charge in [-0.2, -0.15) is 0 Å². The molecule has 5 rings (SSSR count). The van der Waals surface area contributed by atoms with Crippen LogP contribution in [0.15, 0.2) is 52.1 Å². The number of fused-ring (bicyclic) bond motifs is 1. The molecule has 1 aliphatic rings. The molecular formula is C30H32N4O5S. The number of nitrogens with two attached hydrogens (primary N) is 1. The fraction of sp³-hybridized carbons (Fsp3) is 0.333. The van der Waals surface area contributed by atoms with Crippen LogP contribution in [-0.4, -0.2) is 26.7 Å². The number of hydrogen-bond donors (Lipinski definition) is 1. The Kier molecular flexibility index (Phi) is 7.37. The molecule has 0 spiro atoms. The van der Waals surface area contributed by atoms with Crippen LogP contribution in [0.3, 0.4) is 0 Å². The lowest BCUT2D eigenvalue weighted by atomic mass is 9.96. The molecule has 0 radical (unpaired) electrons. The Balaban J connectivity index is 1.70. The van der Waals surface area contributed by atoms with E-state index in [2.05, 4.69) is 13.8 Å². The third-order valence-electron chi connectivity index (χ3n) is 7.18. The summed E-state index contributed by atoms with van der Waals surface area (Å²) >= 11 is 1.09. The monoisotopic (exact) mass is 560 g/mol. The number of rotatable bonds is 8. The molecule has 0 saturated heterocycles. The van der Waals surface area contributed by atoms with Crippen molar-refractivity contribution in [3.8, 4) is 33.3 Å². The van der Waals surface area contributed by atoms with E-state index in [0.717, 1.165) is 27.9 Å². The molecule has 0 aliphatic carbocycles. The number of ketones is 1. The third-order valence-corrected chi connectivity index (χ3v) is 8.25. The van der Waals surface area contributed by atoms with Gasteiger partial charge in [0.25, 0.3) is 5.56 Å². The zero-order valence-corrected chi connectivity index (χ0v) is 24.0. The van der Waals surface area contributed by atoms with Crippen molar-refractivity contribution in [1.29, 1.82) is 0 Å². The number of hydrogen-bond acceptors (Lipinski definition) is 8. The molecule has 208 valence electrons. The van der Waals surface area contributed by atoms with Crippen molar-refractivity contribution < 1.29 is 14.3 Å². The summed E-state index contributed by atoms with van der Waals surface area (Å²) in [5, 5.41) is 0.267. The van der Waals surface area contributed by atoms with E-state index in [4.69, 9.17) is 20.2 Å². The van der Waals surface area contributed by atoms with Crippen LogP contribution >= 0.6 is 11.3 Å². The molecule has 10 heteroatoms. The lowest BCUT2D eigenvalue weighted by molar-refractivity contribution is 0.104. The molecule has 1 unspecified atom stereocenters. The highest BCUT2D eigenvalue weighted by Crippen LogP contribution is 2.40. The van der Waals surface area contributed by atoms with Crippen LogP contribution in [0, 0.1) is 5.92 Å². The molecule has 1 atom stereocenters. The Morgan fingerprint density at radius 2 is 1.77 bits per heavy atom. The van der Waals surface area contributed by atoms with Gasteiger partial charge in [0, 0.05) is 24.7 Å². The smallest absolute Gasteiger partial charge is 0.332 e. The summed E-state index contributed by atoms with van der Waals surface area (Å²) in [6, 6.07) is 12.9. The van der Waals surface area contributed by atoms with Crippen LogP contribution in [0.1, 0.15) is 60.8 Å². The van der Waals surface area contributed by atoms with Crippen LogP contribution in [-0.2, 0) is 13.6 Å². The molecule has 0 saturated carbocycles. The van der Waals surface area contributed by atoms with E-state index in [1.54, 1.807) is 18.2 Å². The number of aromatic nitrogens is 3. The summed E-state index contributed by atoms with van der Waals surface area (Å²) < 4.78 is 13.4. The van der Waals surface area contributed by atoms with Gasteiger partial charge < -0.3 is 15.2 Å². The van der Waals surface area contributed by atoms with Crippen LogP contribution in [0.2, 0.25) is 0 Å². The molecular weight excluding hydrogens is 528 g/mol. The summed E-state index contributed by atoms with van der Waals surface area (Å²) in [6.07, 6.45) is 0.995. The Hall–Kier alpha value is -4.18. The summed E-state index contributed by atoms with van der Waals surface area (Å²) in [4.78, 5) is 45.3. The summed E-state index contributed by atoms with van der Waals surface area (Å²) in [5.41, 5.74) is 8.19. The van der Waals surface area contributed by atoms with Crippen molar-refractivity contribution in [3.63, 3.8) is 0 Å². The number of anilines is 1. The second-order valence-corrected chi connectivity index (χ2v) is 11.4. The first-order valence-electron chi connectivity index (χ1n) is 13.3. The highest BCUT2D eigenvalue weighted by Gasteiger charge is 2.27. The van der Waals surface area contributed by atoms with Crippen LogP contribution < -0.4 is 26.5 Å². The van der Waals surface area contributed by atoms with Gasteiger partial charge in [-0.25, -0.2) is 9.78 Å². The van der Waals surface area contributed by atoms with Crippen LogP contribution in [0.5, 0.6) is 11.5 Å². The fourth-order valence-electron chi connectivity index (χ4n) is 4.68. The maximum atomic E-state index is 13.9. The SMILES string of the molecule is CCC(C)c1ccc(C(=O)c2sc(-c3c(N)n(CC(C)C)c(=O)n(C)c3=O)nc2-c2ccc3c(c2)OCO3)cc1. The number of nitrogens with zero attached hydrogens (tertiary/aromatic N) is 3. The molecule has 1 aliphatic heterocycles. The minimum absolute atomic E-state index is 0.0321. The van der Waals surface area contributed by atoms with Gasteiger partial charge in [0.2, 0.25) is 12.6 Å². The molecule has 2 aromatic carbocycles. The van der Waals surface area contributed by atoms with E-state index in [1.807, 2.05) is 38.1 Å². The van der Waals surface area contributed by atoms with E-state index >= 15 is 0 Å². The largest absolute Gasteiger partial charge is 0.454 e. The Morgan fingerprint density at radius 1 is 1.07 bits per heavy atom. The van der Waals surface area contributed by atoms with Gasteiger partial charge in [0.1, 0.15) is 21.3 Å². The molecule has 0 amide bonds. The highest BCUT2D eigenvalue weighted by atomic mass is 32.1. The first kappa shape index (κ1) is 27.4. The molecule has 0 fully saturated rings. The quantitative estimate of drug-likeness (QED) is 0.300. The Labute approximate surface area is 235 Å². The van der Waals surface area contributed by atoms with Crippen molar-refractivity contribution in [3.05, 3.63) is 79.3 Å². The van der Waals surface area contributed by atoms with Crippen molar-refractivity contribution in [2.45, 2.75) is 46.6 Å². The van der Waals surface area contributed by atoms with E-state index in [1.165, 1.54) is 11.6 Å². The molecule has 4 aromatic rings. The minimum Gasteiger partial charge on any atom is -0.454 e. The predicted octanol–water partition coefficient (Wildman–Crippen LogP) is 5.05. The minimum atomic E-state index is -0.564. The summed E-state index contributed by atoms with van der Waals surface area (Å²) in [7, 11) is 1.42. The molecule has 2 N–H and O–H groups in total. The van der Waals surface area contributed by atoms with Crippen LogP contribution in [0.4, 0.5) is 5.82 Å². The third kappa shape index (κ3) is 4.83. The molecule has 9 nitrogen and oxygen atoms in total. The number of thiazole rings is 1. The van der Waals surface area contributed by atoms with Gasteiger partial charge in [0.05, 0.1) is 5.69 Å². The second-order valence-electron chi connectivity index (χ2n) is 10.4. The molecule has 2 aromatic heterocycles. The zero-order chi connectivity index (χ0) is 28.7. The Bertz CT molecular complexity index is 1720. The summed E-state index contributed by atoms with van der Waals surface area (Å²) in [5.74, 6) is 1.45. The van der Waals surface area contributed by atoms with Crippen molar-refractivity contribution in [1.82, 2.24) is 14.1 Å². The predicted molar refractivity (Wildman–Crippen MR) is 156 cm³/mol. The van der Waals surface area contributed by atoms with Gasteiger partial charge >= 0.3 is 5.69 Å². The summed E-state index contributed by atoms with van der Waals surface area (Å²) in [6.45, 7) is 8.64. The van der Waals surface area contributed by atoms with Gasteiger partial charge in [-0.1, -0.05) is 52.0 Å². The maximum Gasteiger partial charge on any atom is 0.332 e. The normalized spacial score (nSPS) is 13.2. The van der Waals surface area contributed by atoms with Gasteiger partial charge in [-0.3, -0.25) is 18.7 Å². The molecule has 3 heterocycles. The van der Waals surface area contributed by atoms with Crippen LogP contribution in [0.25, 0.3) is 21.8 Å². The highest BCUT2D eigenvalue weighted by molar-refractivity contribution is 7.17. The first-order chi connectivity index (χ1) is 19.1. The lowest BCUT2D eigenvalue weighted by Crippen LogP contribution is -2.41. The first-order valence-corrected chi connectivity index (χ1v) is 14.1. The number of carbonyl (C=O) groups excluding carboxylic acids is 1. The standard InChI is InChI=1S/C30H32N4O5S/c1-6-17(4)18-7-9-19(10-8-18)25(35)26-24(20-11-12-21-22(13-20)39-15-38-21)32-28(40-26)23-27(31)34(14-16(2)3)30(37)33(5)29(23)36/h7-13,16-17H,6,14-15,31H2,1-5H3. The average Bonchev–Trinajstić information content (AvgIpc) is 3.60. The fourth-order valence-corrected chi connectivity index (χ4v) is 5.77. The van der Waals surface area contributed by atoms with Crippen molar-refractivity contribution in [2.75, 3.05) is 12.5 Å². The average molecular weight is 561 g/mol. The van der Waals surface area contributed by atoms with Gasteiger partial charge in [-0.05, 0) is 42.0 Å².